The minimum absolute atomic E-state index is 0.0347. The number of rotatable bonds is 5. The lowest BCUT2D eigenvalue weighted by Gasteiger charge is -2.26. The summed E-state index contributed by atoms with van der Waals surface area (Å²) < 4.78 is 5.56. The third-order valence-electron chi connectivity index (χ3n) is 4.77. The van der Waals surface area contributed by atoms with E-state index < -0.39 is 0 Å². The maximum Gasteiger partial charge on any atom is 0.0813 e. The van der Waals surface area contributed by atoms with Gasteiger partial charge in [-0.05, 0) is 55.0 Å². The monoisotopic (exact) mass is 334 g/mol. The predicted molar refractivity (Wildman–Crippen MR) is 106 cm³/mol. The van der Waals surface area contributed by atoms with Crippen LogP contribution in [-0.4, -0.2) is 14.2 Å². The van der Waals surface area contributed by atoms with E-state index in [1.807, 2.05) is 13.2 Å². The molecule has 0 saturated heterocycles. The SMILES string of the molecule is CNc1ccc(C2=CC=CNC2c2cccc(C)c2)cc1C(C)OC. The van der Waals surface area contributed by atoms with Crippen LogP contribution < -0.4 is 10.6 Å². The molecule has 2 unspecified atom stereocenters. The van der Waals surface area contributed by atoms with E-state index in [4.69, 9.17) is 4.74 Å². The fourth-order valence-corrected chi connectivity index (χ4v) is 3.31. The Bertz CT molecular complexity index is 807. The van der Waals surface area contributed by atoms with Crippen LogP contribution in [0.1, 0.15) is 41.3 Å². The molecule has 2 aromatic rings. The minimum atomic E-state index is 0.0347. The van der Waals surface area contributed by atoms with E-state index in [-0.39, 0.29) is 12.1 Å². The quantitative estimate of drug-likeness (QED) is 0.808. The van der Waals surface area contributed by atoms with Crippen molar-refractivity contribution in [3.05, 3.63) is 83.1 Å². The number of dihydropyridines is 1. The standard InChI is InChI=1S/C22H26N2O/c1-15-7-5-8-18(13-15)22-19(9-6-12-24-22)17-10-11-21(23-3)20(14-17)16(2)25-4/h5-14,16,22-24H,1-4H3. The van der Waals surface area contributed by atoms with Crippen LogP contribution in [0.5, 0.6) is 0 Å². The zero-order valence-electron chi connectivity index (χ0n) is 15.3. The normalized spacial score (nSPS) is 17.6. The molecule has 25 heavy (non-hydrogen) atoms. The summed E-state index contributed by atoms with van der Waals surface area (Å²) in [5, 5.41) is 6.77. The number of benzene rings is 2. The zero-order chi connectivity index (χ0) is 17.8. The highest BCUT2D eigenvalue weighted by atomic mass is 16.5. The number of anilines is 1. The van der Waals surface area contributed by atoms with Gasteiger partial charge in [-0.3, -0.25) is 0 Å². The Kier molecular flexibility index (Phi) is 5.25. The second kappa shape index (κ2) is 7.58. The first-order valence-electron chi connectivity index (χ1n) is 8.68. The number of nitrogens with one attached hydrogen (secondary N) is 2. The Balaban J connectivity index is 2.04. The maximum atomic E-state index is 5.56. The molecule has 2 aromatic carbocycles. The smallest absolute Gasteiger partial charge is 0.0813 e. The highest BCUT2D eigenvalue weighted by molar-refractivity contribution is 5.76. The first-order valence-corrected chi connectivity index (χ1v) is 8.68. The van der Waals surface area contributed by atoms with Crippen LogP contribution >= 0.6 is 0 Å². The molecule has 0 saturated carbocycles. The van der Waals surface area contributed by atoms with E-state index in [0.29, 0.717) is 0 Å². The van der Waals surface area contributed by atoms with Gasteiger partial charge in [-0.1, -0.05) is 42.0 Å². The molecule has 1 aliphatic rings. The second-order valence-corrected chi connectivity index (χ2v) is 6.42. The summed E-state index contributed by atoms with van der Waals surface area (Å²) in [6.45, 7) is 4.21. The molecule has 3 rings (SSSR count). The van der Waals surface area contributed by atoms with Crippen molar-refractivity contribution >= 4 is 11.3 Å². The number of hydrogen-bond donors (Lipinski definition) is 2. The van der Waals surface area contributed by atoms with E-state index in [2.05, 4.69) is 79.1 Å². The Morgan fingerprint density at radius 1 is 1.16 bits per heavy atom. The van der Waals surface area contributed by atoms with Crippen molar-refractivity contribution in [2.75, 3.05) is 19.5 Å². The van der Waals surface area contributed by atoms with Gasteiger partial charge in [0.15, 0.2) is 0 Å². The number of hydrogen-bond acceptors (Lipinski definition) is 3. The predicted octanol–water partition coefficient (Wildman–Crippen LogP) is 4.99. The van der Waals surface area contributed by atoms with Gasteiger partial charge in [0.2, 0.25) is 0 Å². The second-order valence-electron chi connectivity index (χ2n) is 6.42. The van der Waals surface area contributed by atoms with E-state index in [0.717, 1.165) is 5.69 Å². The molecule has 1 heterocycles. The van der Waals surface area contributed by atoms with Crippen LogP contribution in [0.25, 0.3) is 5.57 Å². The summed E-state index contributed by atoms with van der Waals surface area (Å²) in [6, 6.07) is 15.4. The van der Waals surface area contributed by atoms with Gasteiger partial charge in [0.05, 0.1) is 12.1 Å². The van der Waals surface area contributed by atoms with Crippen LogP contribution in [0.3, 0.4) is 0 Å². The minimum Gasteiger partial charge on any atom is -0.388 e. The van der Waals surface area contributed by atoms with Crippen molar-refractivity contribution < 1.29 is 4.74 Å². The van der Waals surface area contributed by atoms with E-state index in [1.54, 1.807) is 7.11 Å². The molecule has 0 spiro atoms. The topological polar surface area (TPSA) is 33.3 Å². The van der Waals surface area contributed by atoms with Gasteiger partial charge in [0.1, 0.15) is 0 Å². The van der Waals surface area contributed by atoms with Gasteiger partial charge in [0.25, 0.3) is 0 Å². The fraction of sp³-hybridized carbons (Fsp3) is 0.273. The average molecular weight is 334 g/mol. The van der Waals surface area contributed by atoms with Crippen LogP contribution in [0, 0.1) is 6.92 Å². The molecule has 2 atom stereocenters. The zero-order valence-corrected chi connectivity index (χ0v) is 15.3. The third kappa shape index (κ3) is 3.62. The first kappa shape index (κ1) is 17.3. The van der Waals surface area contributed by atoms with Crippen LogP contribution in [0.15, 0.2) is 60.8 Å². The lowest BCUT2D eigenvalue weighted by molar-refractivity contribution is 0.120. The molecule has 0 bridgehead atoms. The Labute approximate surface area is 150 Å². The molecular formula is C22H26N2O. The Morgan fingerprint density at radius 3 is 2.72 bits per heavy atom. The van der Waals surface area contributed by atoms with Gasteiger partial charge in [0, 0.05) is 25.4 Å². The van der Waals surface area contributed by atoms with Crippen LogP contribution in [-0.2, 0) is 4.74 Å². The number of aryl methyl sites for hydroxylation is 1. The molecular weight excluding hydrogens is 308 g/mol. The Hall–Kier alpha value is -2.52. The van der Waals surface area contributed by atoms with Gasteiger partial charge < -0.3 is 15.4 Å². The van der Waals surface area contributed by atoms with E-state index >= 15 is 0 Å². The number of methoxy groups -OCH3 is 1. The summed E-state index contributed by atoms with van der Waals surface area (Å²) in [4.78, 5) is 0. The molecule has 1 aliphatic heterocycles. The first-order chi connectivity index (χ1) is 12.1. The highest BCUT2D eigenvalue weighted by Crippen LogP contribution is 2.35. The molecule has 0 amide bonds. The summed E-state index contributed by atoms with van der Waals surface area (Å²) in [5.74, 6) is 0. The van der Waals surface area contributed by atoms with Crippen LogP contribution in [0.4, 0.5) is 5.69 Å². The number of allylic oxidation sites excluding steroid dienone is 2. The number of ether oxygens (including phenoxy) is 1. The van der Waals surface area contributed by atoms with Gasteiger partial charge in [-0.25, -0.2) is 0 Å². The van der Waals surface area contributed by atoms with Gasteiger partial charge >= 0.3 is 0 Å². The van der Waals surface area contributed by atoms with Crippen LogP contribution in [0.2, 0.25) is 0 Å². The molecule has 0 aliphatic carbocycles. The van der Waals surface area contributed by atoms with Gasteiger partial charge in [-0.2, -0.15) is 0 Å². The van der Waals surface area contributed by atoms with Crippen molar-refractivity contribution in [2.24, 2.45) is 0 Å². The molecule has 0 fully saturated rings. The molecule has 0 aromatic heterocycles. The lowest BCUT2D eigenvalue weighted by Crippen LogP contribution is -2.19. The van der Waals surface area contributed by atoms with Gasteiger partial charge in [-0.15, -0.1) is 0 Å². The fourth-order valence-electron chi connectivity index (χ4n) is 3.31. The largest absolute Gasteiger partial charge is 0.388 e. The van der Waals surface area contributed by atoms with Crippen molar-refractivity contribution in [2.45, 2.75) is 26.0 Å². The summed E-state index contributed by atoms with van der Waals surface area (Å²) in [7, 11) is 3.69. The average Bonchev–Trinajstić information content (AvgIpc) is 2.67. The maximum absolute atomic E-state index is 5.56. The summed E-state index contributed by atoms with van der Waals surface area (Å²) in [5.41, 5.74) is 7.29. The van der Waals surface area contributed by atoms with Crippen molar-refractivity contribution in [1.29, 1.82) is 0 Å². The highest BCUT2D eigenvalue weighted by Gasteiger charge is 2.20. The molecule has 3 heteroatoms. The molecule has 0 radical (unpaired) electrons. The molecule has 2 N–H and O–H groups in total. The van der Waals surface area contributed by atoms with Crippen molar-refractivity contribution in [3.8, 4) is 0 Å². The summed E-state index contributed by atoms with van der Waals surface area (Å²) >= 11 is 0. The third-order valence-corrected chi connectivity index (χ3v) is 4.77. The molecule has 3 nitrogen and oxygen atoms in total. The van der Waals surface area contributed by atoms with E-state index in [9.17, 15) is 0 Å². The Morgan fingerprint density at radius 2 is 2.00 bits per heavy atom. The molecule has 130 valence electrons. The summed E-state index contributed by atoms with van der Waals surface area (Å²) in [6.07, 6.45) is 6.30. The van der Waals surface area contributed by atoms with E-state index in [1.165, 1.54) is 27.8 Å². The lowest BCUT2D eigenvalue weighted by atomic mass is 9.89. The van der Waals surface area contributed by atoms with Crippen molar-refractivity contribution in [1.82, 2.24) is 5.32 Å². The van der Waals surface area contributed by atoms with Crippen molar-refractivity contribution in [3.63, 3.8) is 0 Å².